The topological polar surface area (TPSA) is 435 Å². The van der Waals surface area contributed by atoms with Crippen LogP contribution >= 0.6 is 22.9 Å². The SMILES string of the molecule is CCCCCCCCCCCCCCCC(=O)N(CC#CC#Cc1ccc(NC(=O)C[C@@H]2N=C(c3ccc(Cl)cc3)c3c(sc(C)c3C)-n3c(C)nnc32)cc1)CCOCCOCCOCCOCCOCCNC(=O)CCNC(=O)c1nc(NC(=O)CCNC(=O)c2cc(NC(=O)c3nc(NC(=O)CCNC(=O)c4cc(NC(=O)c5nccn5C)cn4C)cn3C)cn2C)cn1C. The van der Waals surface area contributed by atoms with Crippen molar-refractivity contribution < 1.29 is 71.6 Å². The summed E-state index contributed by atoms with van der Waals surface area (Å²) in [5, 5.41) is 35.0. The van der Waals surface area contributed by atoms with Crippen molar-refractivity contribution >= 4 is 116 Å². The van der Waals surface area contributed by atoms with Crippen LogP contribution in [0.1, 0.15) is 220 Å². The number of amides is 10. The maximum Gasteiger partial charge on any atom is 0.291 e. The van der Waals surface area contributed by atoms with Crippen LogP contribution < -0.4 is 47.9 Å². The Bertz CT molecular complexity index is 5600. The quantitative estimate of drug-likeness (QED) is 0.0126. The van der Waals surface area contributed by atoms with E-state index in [1.807, 2.05) is 47.9 Å². The molecular formula is C94H121ClN22O15S. The lowest BCUT2D eigenvalue weighted by Gasteiger charge is -2.20. The molecule has 37 nitrogen and oxygen atoms in total. The lowest BCUT2D eigenvalue weighted by Crippen LogP contribution is -2.34. The van der Waals surface area contributed by atoms with Crippen molar-refractivity contribution in [3.8, 4) is 28.7 Å². The number of thiophene rings is 1. The van der Waals surface area contributed by atoms with Crippen LogP contribution in [0.2, 0.25) is 5.02 Å². The molecule has 0 bridgehead atoms. The van der Waals surface area contributed by atoms with E-state index < -0.39 is 47.4 Å². The minimum atomic E-state index is -0.642. The van der Waals surface area contributed by atoms with Crippen molar-refractivity contribution in [1.82, 2.24) is 78.7 Å². The molecule has 0 unspecified atom stereocenters. The molecule has 8 heterocycles. The Hall–Kier alpha value is -13.0. The van der Waals surface area contributed by atoms with Gasteiger partial charge in [-0.3, -0.25) is 57.5 Å². The Morgan fingerprint density at radius 1 is 0.489 bits per heavy atom. The van der Waals surface area contributed by atoms with E-state index in [0.29, 0.717) is 106 Å². The number of rotatable bonds is 55. The maximum atomic E-state index is 13.8. The van der Waals surface area contributed by atoms with Gasteiger partial charge in [-0.15, -0.1) is 21.5 Å². The summed E-state index contributed by atoms with van der Waals surface area (Å²) in [5.41, 5.74) is 6.11. The van der Waals surface area contributed by atoms with Crippen LogP contribution in [0.15, 0.2) is 103 Å². The minimum absolute atomic E-state index is 0.00984. The third-order valence-corrected chi connectivity index (χ3v) is 23.0. The van der Waals surface area contributed by atoms with E-state index in [0.717, 1.165) is 51.5 Å². The molecule has 710 valence electrons. The van der Waals surface area contributed by atoms with E-state index in [-0.39, 0.29) is 129 Å². The van der Waals surface area contributed by atoms with Gasteiger partial charge in [0.25, 0.3) is 29.5 Å². The van der Waals surface area contributed by atoms with Crippen LogP contribution in [-0.2, 0) is 82.9 Å². The number of nitrogens with one attached hydrogen (secondary N) is 9. The van der Waals surface area contributed by atoms with Gasteiger partial charge >= 0.3 is 0 Å². The number of carbonyl (C=O) groups is 10. The standard InChI is InChI=1S/C94H121ClN22O15S/c1-10-11-12-13-14-15-16-17-18-19-20-21-24-27-82(122)116(44-25-22-23-26-67-28-34-70(35-29-67)101-81(121)59-73-85-110-109-66(4)117(85)94-83(64(2)65(3)133-94)84(104-73)68-30-32-69(95)33-31-68)46-48-129-50-52-131-54-56-132-55-53-130-51-49-128-47-43-96-78(118)36-39-100-91(125)87-107-76(62-114(87)8)105-79(119)37-40-99-90(124)75-58-72(61-113(75)7)103-93(127)88-108-77(63-115(88)9)106-80(120)38-41-98-89(123)74-57-71(60-112(74)6)102-92(126)86-97-42-45-111(86)5/h28-35,42,45,57-58,60-63,73H,10-21,24,27,36-41,43-44,46-56,59H2,1-9H3,(H,96,118)(H,98,123)(H,99,124)(H,100,125)(H,101,121)(H,102,126)(H,103,127)(H,105,119)(H,106,120)/t73-/m0/s1. The average Bonchev–Trinajstić information content (AvgIpc) is 1.59. The number of carbonyl (C=O) groups excluding carboxylic acids is 10. The van der Waals surface area contributed by atoms with Gasteiger partial charge in [0, 0.05) is 163 Å². The number of imidazole rings is 3. The molecule has 0 aliphatic carbocycles. The Kier molecular flexibility index (Phi) is 41.1. The molecule has 0 fully saturated rings. The molecule has 9 N–H and O–H groups in total. The normalized spacial score (nSPS) is 12.0. The molecule has 0 spiro atoms. The van der Waals surface area contributed by atoms with Gasteiger partial charge < -0.3 is 99.3 Å². The molecule has 0 saturated carbocycles. The predicted octanol–water partition coefficient (Wildman–Crippen LogP) is 10.4. The van der Waals surface area contributed by atoms with E-state index in [1.165, 1.54) is 119 Å². The van der Waals surface area contributed by atoms with E-state index in [9.17, 15) is 47.9 Å². The molecule has 1 atom stereocenters. The van der Waals surface area contributed by atoms with Crippen LogP contribution in [0.25, 0.3) is 5.00 Å². The van der Waals surface area contributed by atoms with Crippen molar-refractivity contribution in [3.05, 3.63) is 171 Å². The first-order valence-electron chi connectivity index (χ1n) is 44.9. The number of halogens is 1. The number of hydrogen-bond acceptors (Lipinski definition) is 22. The largest absolute Gasteiger partial charge is 0.377 e. The summed E-state index contributed by atoms with van der Waals surface area (Å²) in [6, 6.07) is 17.1. The third-order valence-electron chi connectivity index (χ3n) is 21.6. The zero-order valence-electron chi connectivity index (χ0n) is 77.1. The van der Waals surface area contributed by atoms with Gasteiger partial charge in [0.15, 0.2) is 23.3 Å². The van der Waals surface area contributed by atoms with Gasteiger partial charge in [0.05, 0.1) is 96.1 Å². The van der Waals surface area contributed by atoms with Crippen LogP contribution in [0.4, 0.5) is 28.7 Å². The van der Waals surface area contributed by atoms with Gasteiger partial charge in [-0.25, -0.2) is 15.0 Å². The molecule has 7 aromatic heterocycles. The highest BCUT2D eigenvalue weighted by atomic mass is 35.5. The summed E-state index contributed by atoms with van der Waals surface area (Å²) in [7, 11) is 8.04. The molecule has 1 aliphatic rings. The summed E-state index contributed by atoms with van der Waals surface area (Å²) < 4.78 is 37.9. The summed E-state index contributed by atoms with van der Waals surface area (Å²) in [6.07, 6.45) is 25.1. The van der Waals surface area contributed by atoms with Crippen molar-refractivity contribution in [2.75, 3.05) is 132 Å². The maximum absolute atomic E-state index is 13.8. The minimum Gasteiger partial charge on any atom is -0.377 e. The molecule has 10 amide bonds. The average molecular weight is 1870 g/mol. The van der Waals surface area contributed by atoms with E-state index in [4.69, 9.17) is 40.3 Å². The van der Waals surface area contributed by atoms with Gasteiger partial charge in [-0.1, -0.05) is 120 Å². The molecule has 9 aromatic rings. The molecule has 0 saturated heterocycles. The predicted molar refractivity (Wildman–Crippen MR) is 506 cm³/mol. The first-order valence-corrected chi connectivity index (χ1v) is 46.1. The van der Waals surface area contributed by atoms with Crippen LogP contribution in [0.5, 0.6) is 0 Å². The van der Waals surface area contributed by atoms with Crippen molar-refractivity contribution in [2.45, 2.75) is 149 Å². The van der Waals surface area contributed by atoms with Gasteiger partial charge in [-0.2, -0.15) is 0 Å². The molecular weight excluding hydrogens is 1740 g/mol. The molecule has 133 heavy (non-hydrogen) atoms. The Labute approximate surface area is 783 Å². The Balaban J connectivity index is 0.536. The summed E-state index contributed by atoms with van der Waals surface area (Å²) in [5.74, 6) is 9.43. The lowest BCUT2D eigenvalue weighted by molar-refractivity contribution is -0.131. The van der Waals surface area contributed by atoms with Crippen LogP contribution in [0.3, 0.4) is 0 Å². The fourth-order valence-corrected chi connectivity index (χ4v) is 15.7. The van der Waals surface area contributed by atoms with Crippen LogP contribution in [-0.4, -0.2) is 228 Å². The molecule has 1 aliphatic heterocycles. The Morgan fingerprint density at radius 3 is 1.55 bits per heavy atom. The Morgan fingerprint density at radius 2 is 1.00 bits per heavy atom. The smallest absolute Gasteiger partial charge is 0.291 e. The van der Waals surface area contributed by atoms with Crippen molar-refractivity contribution in [3.63, 3.8) is 0 Å². The second-order valence-electron chi connectivity index (χ2n) is 32.0. The summed E-state index contributed by atoms with van der Waals surface area (Å²) in [4.78, 5) is 151. The van der Waals surface area contributed by atoms with Crippen LogP contribution in [0, 0.1) is 44.5 Å². The number of aryl methyl sites for hydroxylation is 7. The number of aliphatic imine (C=N–C) groups is 1. The highest BCUT2D eigenvalue weighted by Gasteiger charge is 2.33. The molecule has 10 rings (SSSR count). The first kappa shape index (κ1) is 102. The lowest BCUT2D eigenvalue weighted by atomic mass is 9.99. The highest BCUT2D eigenvalue weighted by Crippen LogP contribution is 2.40. The number of unbranched alkanes of at least 4 members (excludes halogenated alkanes) is 12. The van der Waals surface area contributed by atoms with Gasteiger partial charge in [0.1, 0.15) is 28.3 Å². The number of benzene rings is 2. The first-order chi connectivity index (χ1) is 64.3. The van der Waals surface area contributed by atoms with E-state index in [2.05, 4.69) is 117 Å². The molecule has 39 heteroatoms. The summed E-state index contributed by atoms with van der Waals surface area (Å²) in [6.45, 7) is 12.3. The van der Waals surface area contributed by atoms with Crippen molar-refractivity contribution in [1.29, 1.82) is 0 Å². The van der Waals surface area contributed by atoms with E-state index in [1.54, 1.807) is 80.6 Å². The monoisotopic (exact) mass is 1860 g/mol. The zero-order valence-corrected chi connectivity index (χ0v) is 78.7. The second-order valence-corrected chi connectivity index (χ2v) is 33.6. The highest BCUT2D eigenvalue weighted by molar-refractivity contribution is 7.15. The fraction of sp³-hybridized carbons (Fsp3) is 0.468. The zero-order chi connectivity index (χ0) is 95.0. The molecule has 2 aromatic carbocycles. The number of ether oxygens (including phenoxy) is 5. The van der Waals surface area contributed by atoms with Gasteiger partial charge in [-0.05, 0) is 93.1 Å². The van der Waals surface area contributed by atoms with E-state index >= 15 is 0 Å². The fourth-order valence-electron chi connectivity index (χ4n) is 14.4. The number of nitrogens with zero attached hydrogens (tertiary/aromatic N) is 13. The van der Waals surface area contributed by atoms with Crippen molar-refractivity contribution in [2.24, 2.45) is 40.2 Å². The second kappa shape index (κ2) is 53.5. The number of hydrogen-bond donors (Lipinski definition) is 9. The molecule has 0 radical (unpaired) electrons. The third kappa shape index (κ3) is 32.5. The van der Waals surface area contributed by atoms with Gasteiger partial charge in [0.2, 0.25) is 41.2 Å². The number of aromatic nitrogens is 11. The number of fused-ring (bicyclic) bond motifs is 3. The summed E-state index contributed by atoms with van der Waals surface area (Å²) >= 11 is 7.96. The number of anilines is 5.